The van der Waals surface area contributed by atoms with Crippen molar-refractivity contribution in [3.63, 3.8) is 0 Å². The first-order chi connectivity index (χ1) is 15.6. The molecule has 3 heterocycles. The van der Waals surface area contributed by atoms with Crippen LogP contribution in [-0.4, -0.2) is 58.4 Å². The zero-order valence-electron chi connectivity index (χ0n) is 17.4. The van der Waals surface area contributed by atoms with Gasteiger partial charge in [-0.1, -0.05) is 35.5 Å². The second-order valence-electron chi connectivity index (χ2n) is 7.49. The van der Waals surface area contributed by atoms with Crippen LogP contribution in [0.5, 0.6) is 0 Å². The second-order valence-corrected chi connectivity index (χ2v) is 7.49. The number of likely N-dealkylation sites (tertiary alicyclic amines) is 1. The molecule has 0 bridgehead atoms. The number of carbonyl (C=O) groups is 3. The molecule has 0 saturated carbocycles. The lowest BCUT2D eigenvalue weighted by Crippen LogP contribution is -2.48. The van der Waals surface area contributed by atoms with Gasteiger partial charge in [0.05, 0.1) is 6.54 Å². The predicted molar refractivity (Wildman–Crippen MR) is 116 cm³/mol. The van der Waals surface area contributed by atoms with Crippen molar-refractivity contribution >= 4 is 17.7 Å². The van der Waals surface area contributed by atoms with Crippen LogP contribution >= 0.6 is 0 Å². The van der Waals surface area contributed by atoms with Gasteiger partial charge in [0.25, 0.3) is 11.8 Å². The van der Waals surface area contributed by atoms with E-state index in [2.05, 4.69) is 20.8 Å². The summed E-state index contributed by atoms with van der Waals surface area (Å²) in [6, 6.07) is 14.2. The molecule has 9 nitrogen and oxygen atoms in total. The molecule has 32 heavy (non-hydrogen) atoms. The molecule has 1 fully saturated rings. The number of pyridine rings is 1. The average molecular weight is 433 g/mol. The van der Waals surface area contributed by atoms with Gasteiger partial charge in [0.2, 0.25) is 5.91 Å². The maximum Gasteiger partial charge on any atom is 0.273 e. The Labute approximate surface area is 184 Å². The van der Waals surface area contributed by atoms with Crippen LogP contribution < -0.4 is 10.6 Å². The standard InChI is InChI=1S/C23H23N5O4/c29-21(15-25-22(30)19-14-20(32-27-19)16-4-2-1-3-5-16)26-18-8-12-28(13-9-18)23(31)17-6-10-24-11-7-17/h1-7,10-11,14,18H,8-9,12-13,15H2,(H,25,30)(H,26,29). The Bertz CT molecular complexity index is 1080. The largest absolute Gasteiger partial charge is 0.355 e. The maximum atomic E-state index is 12.5. The normalized spacial score (nSPS) is 14.1. The van der Waals surface area contributed by atoms with Gasteiger partial charge in [0.15, 0.2) is 11.5 Å². The molecule has 1 saturated heterocycles. The molecule has 2 N–H and O–H groups in total. The van der Waals surface area contributed by atoms with Gasteiger partial charge in [-0.15, -0.1) is 0 Å². The van der Waals surface area contributed by atoms with Crippen LogP contribution in [0.25, 0.3) is 11.3 Å². The fourth-order valence-corrected chi connectivity index (χ4v) is 3.55. The van der Waals surface area contributed by atoms with E-state index in [1.54, 1.807) is 29.4 Å². The van der Waals surface area contributed by atoms with Crippen molar-refractivity contribution in [2.75, 3.05) is 19.6 Å². The molecular formula is C23H23N5O4. The van der Waals surface area contributed by atoms with Gasteiger partial charge >= 0.3 is 0 Å². The van der Waals surface area contributed by atoms with Gasteiger partial charge in [-0.2, -0.15) is 0 Å². The van der Waals surface area contributed by atoms with Gasteiger partial charge in [0, 0.05) is 48.7 Å². The summed E-state index contributed by atoms with van der Waals surface area (Å²) >= 11 is 0. The number of hydrogen-bond donors (Lipinski definition) is 2. The molecule has 0 aliphatic carbocycles. The fraction of sp³-hybridized carbons (Fsp3) is 0.261. The Morgan fingerprint density at radius 1 is 1.03 bits per heavy atom. The molecule has 0 unspecified atom stereocenters. The number of piperidine rings is 1. The summed E-state index contributed by atoms with van der Waals surface area (Å²) in [5, 5.41) is 9.24. The third-order valence-corrected chi connectivity index (χ3v) is 5.29. The van der Waals surface area contributed by atoms with E-state index in [-0.39, 0.29) is 30.1 Å². The summed E-state index contributed by atoms with van der Waals surface area (Å²) in [7, 11) is 0. The summed E-state index contributed by atoms with van der Waals surface area (Å²) < 4.78 is 5.21. The first-order valence-corrected chi connectivity index (χ1v) is 10.4. The van der Waals surface area contributed by atoms with Crippen LogP contribution in [0.4, 0.5) is 0 Å². The van der Waals surface area contributed by atoms with Crippen LogP contribution in [0, 0.1) is 0 Å². The molecule has 4 rings (SSSR count). The zero-order chi connectivity index (χ0) is 22.3. The molecule has 3 amide bonds. The van der Waals surface area contributed by atoms with E-state index in [0.717, 1.165) is 5.56 Å². The molecular weight excluding hydrogens is 410 g/mol. The Morgan fingerprint density at radius 3 is 2.47 bits per heavy atom. The first-order valence-electron chi connectivity index (χ1n) is 10.4. The second kappa shape index (κ2) is 9.86. The van der Waals surface area contributed by atoms with Gasteiger partial charge < -0.3 is 20.1 Å². The van der Waals surface area contributed by atoms with Crippen molar-refractivity contribution in [2.24, 2.45) is 0 Å². The van der Waals surface area contributed by atoms with Gasteiger partial charge in [-0.05, 0) is 25.0 Å². The first kappa shape index (κ1) is 21.2. The van der Waals surface area contributed by atoms with Crippen molar-refractivity contribution in [3.05, 3.63) is 72.2 Å². The van der Waals surface area contributed by atoms with E-state index >= 15 is 0 Å². The number of carbonyl (C=O) groups excluding carboxylic acids is 3. The quantitative estimate of drug-likeness (QED) is 0.613. The number of aromatic nitrogens is 2. The third-order valence-electron chi connectivity index (χ3n) is 5.29. The highest BCUT2D eigenvalue weighted by molar-refractivity contribution is 5.95. The van der Waals surface area contributed by atoms with E-state index in [0.29, 0.717) is 37.3 Å². The molecule has 0 radical (unpaired) electrons. The summed E-state index contributed by atoms with van der Waals surface area (Å²) in [6.07, 6.45) is 4.49. The van der Waals surface area contributed by atoms with Crippen molar-refractivity contribution in [2.45, 2.75) is 18.9 Å². The minimum atomic E-state index is -0.483. The number of nitrogens with zero attached hydrogens (tertiary/aromatic N) is 3. The highest BCUT2D eigenvalue weighted by Gasteiger charge is 2.25. The lowest BCUT2D eigenvalue weighted by atomic mass is 10.0. The van der Waals surface area contributed by atoms with Crippen LogP contribution in [0.15, 0.2) is 65.4 Å². The molecule has 0 atom stereocenters. The molecule has 164 valence electrons. The summed E-state index contributed by atoms with van der Waals surface area (Å²) in [5.41, 5.74) is 1.53. The highest BCUT2D eigenvalue weighted by Crippen LogP contribution is 2.19. The monoisotopic (exact) mass is 433 g/mol. The van der Waals surface area contributed by atoms with Crippen molar-refractivity contribution in [1.82, 2.24) is 25.7 Å². The number of hydrogen-bond acceptors (Lipinski definition) is 6. The van der Waals surface area contributed by atoms with E-state index in [4.69, 9.17) is 4.52 Å². The molecule has 1 aliphatic heterocycles. The summed E-state index contributed by atoms with van der Waals surface area (Å²) in [6.45, 7) is 0.946. The van der Waals surface area contributed by atoms with Crippen molar-refractivity contribution < 1.29 is 18.9 Å². The molecule has 3 aromatic rings. The number of rotatable bonds is 6. The molecule has 1 aromatic carbocycles. The Balaban J connectivity index is 1.21. The maximum absolute atomic E-state index is 12.5. The van der Waals surface area contributed by atoms with Crippen LogP contribution in [0.2, 0.25) is 0 Å². The Hall–Kier alpha value is -4.01. The van der Waals surface area contributed by atoms with Crippen LogP contribution in [0.1, 0.15) is 33.7 Å². The van der Waals surface area contributed by atoms with Crippen molar-refractivity contribution in [1.29, 1.82) is 0 Å². The van der Waals surface area contributed by atoms with Crippen LogP contribution in [-0.2, 0) is 4.79 Å². The average Bonchev–Trinajstić information content (AvgIpc) is 3.34. The van der Waals surface area contributed by atoms with Gasteiger partial charge in [-0.3, -0.25) is 19.4 Å². The SMILES string of the molecule is O=C(CNC(=O)c1cc(-c2ccccc2)on1)NC1CCN(C(=O)c2ccncc2)CC1. The molecule has 1 aliphatic rings. The third kappa shape index (κ3) is 5.18. The fourth-order valence-electron chi connectivity index (χ4n) is 3.55. The van der Waals surface area contributed by atoms with E-state index < -0.39 is 5.91 Å². The zero-order valence-corrected chi connectivity index (χ0v) is 17.4. The minimum absolute atomic E-state index is 0.0353. The minimum Gasteiger partial charge on any atom is -0.355 e. The van der Waals surface area contributed by atoms with Crippen LogP contribution in [0.3, 0.4) is 0 Å². The molecule has 9 heteroatoms. The lowest BCUT2D eigenvalue weighted by Gasteiger charge is -2.32. The Morgan fingerprint density at radius 2 is 1.75 bits per heavy atom. The summed E-state index contributed by atoms with van der Waals surface area (Å²) in [4.78, 5) is 42.7. The van der Waals surface area contributed by atoms with E-state index in [1.165, 1.54) is 6.07 Å². The summed E-state index contributed by atoms with van der Waals surface area (Å²) in [5.74, 6) is -0.326. The number of amides is 3. The smallest absolute Gasteiger partial charge is 0.273 e. The predicted octanol–water partition coefficient (Wildman–Crippen LogP) is 1.89. The topological polar surface area (TPSA) is 117 Å². The van der Waals surface area contributed by atoms with E-state index in [9.17, 15) is 14.4 Å². The lowest BCUT2D eigenvalue weighted by molar-refractivity contribution is -0.121. The molecule has 2 aromatic heterocycles. The van der Waals surface area contributed by atoms with Crippen molar-refractivity contribution in [3.8, 4) is 11.3 Å². The van der Waals surface area contributed by atoms with E-state index in [1.807, 2.05) is 30.3 Å². The number of benzene rings is 1. The molecule has 0 spiro atoms. The van der Waals surface area contributed by atoms with Gasteiger partial charge in [-0.25, -0.2) is 0 Å². The number of nitrogens with one attached hydrogen (secondary N) is 2. The van der Waals surface area contributed by atoms with Gasteiger partial charge in [0.1, 0.15) is 0 Å². The highest BCUT2D eigenvalue weighted by atomic mass is 16.5. The Kier molecular flexibility index (Phi) is 6.54.